The van der Waals surface area contributed by atoms with Gasteiger partial charge in [0.2, 0.25) is 0 Å². The Bertz CT molecular complexity index is 572. The van der Waals surface area contributed by atoms with Crippen molar-refractivity contribution < 1.29 is 5.11 Å². The van der Waals surface area contributed by atoms with E-state index in [2.05, 4.69) is 11.2 Å². The van der Waals surface area contributed by atoms with Gasteiger partial charge in [-0.1, -0.05) is 0 Å². The lowest BCUT2D eigenvalue weighted by Gasteiger charge is -2.11. The van der Waals surface area contributed by atoms with Crippen molar-refractivity contribution in [3.05, 3.63) is 23.4 Å². The predicted octanol–water partition coefficient (Wildman–Crippen LogP) is 1.49. The van der Waals surface area contributed by atoms with Crippen LogP contribution in [0.5, 0.6) is 0 Å². The molecule has 0 fully saturated rings. The molecule has 1 aliphatic carbocycles. The molecule has 1 heterocycles. The Kier molecular flexibility index (Phi) is 2.33. The van der Waals surface area contributed by atoms with E-state index in [9.17, 15) is 5.11 Å². The third-order valence-corrected chi connectivity index (χ3v) is 3.33. The third kappa shape index (κ3) is 1.69. The highest BCUT2D eigenvalue weighted by Crippen LogP contribution is 2.31. The lowest BCUT2D eigenvalue weighted by molar-refractivity contribution is 0.170. The molecular formula is C13H17N3O. The Balaban J connectivity index is 2.25. The number of aryl methyl sites for hydroxylation is 2. The maximum atomic E-state index is 9.51. The van der Waals surface area contributed by atoms with Crippen LogP contribution in [0.15, 0.2) is 12.1 Å². The maximum Gasteiger partial charge on any atom is 0.0709 e. The van der Waals surface area contributed by atoms with Crippen LogP contribution in [0, 0.1) is 0 Å². The number of nitrogen functional groups attached to an aromatic ring is 1. The molecule has 0 spiro atoms. The summed E-state index contributed by atoms with van der Waals surface area (Å²) >= 11 is 0. The second-order valence-electron chi connectivity index (χ2n) is 4.91. The average Bonchev–Trinajstić information content (AvgIpc) is 2.57. The highest BCUT2D eigenvalue weighted by molar-refractivity contribution is 5.89. The van der Waals surface area contributed by atoms with Crippen molar-refractivity contribution in [2.45, 2.75) is 38.8 Å². The molecule has 90 valence electrons. The first-order valence-electron chi connectivity index (χ1n) is 6.11. The first-order valence-corrected chi connectivity index (χ1v) is 6.11. The molecule has 1 atom stereocenters. The minimum atomic E-state index is -0.392. The molecule has 2 aromatic rings. The summed E-state index contributed by atoms with van der Waals surface area (Å²) in [5.74, 6) is 0. The summed E-state index contributed by atoms with van der Waals surface area (Å²) < 4.78 is 1.89. The van der Waals surface area contributed by atoms with E-state index in [0.29, 0.717) is 6.54 Å². The summed E-state index contributed by atoms with van der Waals surface area (Å²) in [5.41, 5.74) is 10.2. The van der Waals surface area contributed by atoms with Crippen molar-refractivity contribution in [2.75, 3.05) is 5.73 Å². The Hall–Kier alpha value is -1.55. The van der Waals surface area contributed by atoms with Crippen molar-refractivity contribution >= 4 is 16.6 Å². The van der Waals surface area contributed by atoms with Gasteiger partial charge in [0.05, 0.1) is 23.9 Å². The summed E-state index contributed by atoms with van der Waals surface area (Å²) in [6, 6.07) is 4.02. The molecule has 3 N–H and O–H groups in total. The molecule has 3 rings (SSSR count). The summed E-state index contributed by atoms with van der Waals surface area (Å²) in [6.45, 7) is 2.30. The SMILES string of the molecule is CC(O)Cn1nc2c3c(cc(N)cc31)CCC2. The van der Waals surface area contributed by atoms with Crippen molar-refractivity contribution in [1.29, 1.82) is 0 Å². The molecular weight excluding hydrogens is 214 g/mol. The molecule has 17 heavy (non-hydrogen) atoms. The van der Waals surface area contributed by atoms with Gasteiger partial charge in [0.15, 0.2) is 0 Å². The number of hydrogen-bond donors (Lipinski definition) is 2. The van der Waals surface area contributed by atoms with Crippen LogP contribution in [0.4, 0.5) is 5.69 Å². The van der Waals surface area contributed by atoms with Crippen LogP contribution >= 0.6 is 0 Å². The van der Waals surface area contributed by atoms with Crippen LogP contribution in [0.3, 0.4) is 0 Å². The minimum absolute atomic E-state index is 0.392. The fourth-order valence-corrected chi connectivity index (χ4v) is 2.70. The quantitative estimate of drug-likeness (QED) is 0.770. The maximum absolute atomic E-state index is 9.51. The van der Waals surface area contributed by atoms with E-state index in [1.54, 1.807) is 6.92 Å². The molecule has 1 aromatic heterocycles. The monoisotopic (exact) mass is 231 g/mol. The predicted molar refractivity (Wildman–Crippen MR) is 67.9 cm³/mol. The smallest absolute Gasteiger partial charge is 0.0709 e. The summed E-state index contributed by atoms with van der Waals surface area (Å²) in [6.07, 6.45) is 2.85. The van der Waals surface area contributed by atoms with E-state index >= 15 is 0 Å². The van der Waals surface area contributed by atoms with Gasteiger partial charge in [-0.25, -0.2) is 0 Å². The van der Waals surface area contributed by atoms with Crippen LogP contribution < -0.4 is 5.73 Å². The van der Waals surface area contributed by atoms with Crippen molar-refractivity contribution in [3.8, 4) is 0 Å². The molecule has 0 bridgehead atoms. The molecule has 0 radical (unpaired) electrons. The second-order valence-corrected chi connectivity index (χ2v) is 4.91. The lowest BCUT2D eigenvalue weighted by atomic mass is 9.94. The van der Waals surface area contributed by atoms with Crippen LogP contribution in [0.25, 0.3) is 10.9 Å². The number of nitrogens with zero attached hydrogens (tertiary/aromatic N) is 2. The summed E-state index contributed by atoms with van der Waals surface area (Å²) in [5, 5.41) is 15.4. The zero-order chi connectivity index (χ0) is 12.0. The van der Waals surface area contributed by atoms with Crippen molar-refractivity contribution in [3.63, 3.8) is 0 Å². The van der Waals surface area contributed by atoms with Crippen LogP contribution in [-0.2, 0) is 19.4 Å². The highest BCUT2D eigenvalue weighted by atomic mass is 16.3. The van der Waals surface area contributed by atoms with E-state index in [1.165, 1.54) is 10.9 Å². The van der Waals surface area contributed by atoms with E-state index < -0.39 is 6.10 Å². The zero-order valence-corrected chi connectivity index (χ0v) is 9.98. The van der Waals surface area contributed by atoms with E-state index in [4.69, 9.17) is 5.73 Å². The van der Waals surface area contributed by atoms with Gasteiger partial charge in [-0.2, -0.15) is 5.10 Å². The number of rotatable bonds is 2. The van der Waals surface area contributed by atoms with Gasteiger partial charge < -0.3 is 10.8 Å². The van der Waals surface area contributed by atoms with Crippen molar-refractivity contribution in [2.24, 2.45) is 0 Å². The minimum Gasteiger partial charge on any atom is -0.399 e. The normalized spacial score (nSPS) is 16.4. The molecule has 0 saturated heterocycles. The first kappa shape index (κ1) is 10.6. The topological polar surface area (TPSA) is 64.1 Å². The lowest BCUT2D eigenvalue weighted by Crippen LogP contribution is -2.13. The number of benzene rings is 1. The van der Waals surface area contributed by atoms with Gasteiger partial charge in [-0.05, 0) is 43.9 Å². The average molecular weight is 231 g/mol. The van der Waals surface area contributed by atoms with Gasteiger partial charge in [-0.15, -0.1) is 0 Å². The van der Waals surface area contributed by atoms with Crippen LogP contribution in [0.2, 0.25) is 0 Å². The number of aromatic nitrogens is 2. The van der Waals surface area contributed by atoms with E-state index in [1.807, 2.05) is 10.7 Å². The molecule has 1 aromatic carbocycles. The summed E-state index contributed by atoms with van der Waals surface area (Å²) in [7, 11) is 0. The molecule has 4 heteroatoms. The Labute approximate surface area is 100 Å². The largest absolute Gasteiger partial charge is 0.399 e. The van der Waals surface area contributed by atoms with Gasteiger partial charge in [0.25, 0.3) is 0 Å². The highest BCUT2D eigenvalue weighted by Gasteiger charge is 2.19. The number of aliphatic hydroxyl groups excluding tert-OH is 1. The molecule has 1 unspecified atom stereocenters. The molecule has 0 amide bonds. The molecule has 0 aliphatic heterocycles. The Morgan fingerprint density at radius 3 is 3.06 bits per heavy atom. The number of hydrogen-bond acceptors (Lipinski definition) is 3. The molecule has 4 nitrogen and oxygen atoms in total. The fraction of sp³-hybridized carbons (Fsp3) is 0.462. The second kappa shape index (κ2) is 3.74. The van der Waals surface area contributed by atoms with Crippen LogP contribution in [-0.4, -0.2) is 21.0 Å². The zero-order valence-electron chi connectivity index (χ0n) is 9.98. The number of aliphatic hydroxyl groups is 1. The van der Waals surface area contributed by atoms with Gasteiger partial charge in [0.1, 0.15) is 0 Å². The standard InChI is InChI=1S/C13H17N3O/c1-8(17)7-16-12-6-10(14)5-9-3-2-4-11(15-16)13(9)12/h5-6,8,17H,2-4,7,14H2,1H3. The van der Waals surface area contributed by atoms with Gasteiger partial charge >= 0.3 is 0 Å². The van der Waals surface area contributed by atoms with Crippen molar-refractivity contribution in [1.82, 2.24) is 9.78 Å². The fourth-order valence-electron chi connectivity index (χ4n) is 2.70. The van der Waals surface area contributed by atoms with Gasteiger partial charge in [-0.3, -0.25) is 4.68 Å². The Morgan fingerprint density at radius 2 is 2.29 bits per heavy atom. The molecule has 0 saturated carbocycles. The van der Waals surface area contributed by atoms with Gasteiger partial charge in [0, 0.05) is 11.1 Å². The Morgan fingerprint density at radius 1 is 1.47 bits per heavy atom. The summed E-state index contributed by atoms with van der Waals surface area (Å²) in [4.78, 5) is 0. The first-order chi connectivity index (χ1) is 8.15. The van der Waals surface area contributed by atoms with E-state index in [0.717, 1.165) is 36.2 Å². The number of nitrogens with two attached hydrogens (primary N) is 1. The molecule has 1 aliphatic rings. The van der Waals surface area contributed by atoms with Crippen LogP contribution in [0.1, 0.15) is 24.6 Å². The number of anilines is 1. The third-order valence-electron chi connectivity index (χ3n) is 3.33. The van der Waals surface area contributed by atoms with E-state index in [-0.39, 0.29) is 0 Å².